The van der Waals surface area contributed by atoms with E-state index >= 15 is 0 Å². The van der Waals surface area contributed by atoms with E-state index in [0.717, 1.165) is 0 Å². The summed E-state index contributed by atoms with van der Waals surface area (Å²) < 4.78 is 7.42. The van der Waals surface area contributed by atoms with Crippen molar-refractivity contribution in [1.29, 1.82) is 0 Å². The summed E-state index contributed by atoms with van der Waals surface area (Å²) >= 11 is 5.82. The van der Waals surface area contributed by atoms with Crippen molar-refractivity contribution in [2.45, 2.75) is 32.4 Å². The van der Waals surface area contributed by atoms with Gasteiger partial charge in [0.25, 0.3) is 5.69 Å². The molecule has 0 spiro atoms. The Hall–Kier alpha value is -2.15. The van der Waals surface area contributed by atoms with Crippen LogP contribution in [-0.4, -0.2) is 19.7 Å². The molecule has 0 aliphatic heterocycles. The highest BCUT2D eigenvalue weighted by molar-refractivity contribution is 6.17. The van der Waals surface area contributed by atoms with E-state index in [1.54, 1.807) is 10.7 Å². The van der Waals surface area contributed by atoms with E-state index < -0.39 is 4.92 Å². The van der Waals surface area contributed by atoms with Crippen LogP contribution in [0, 0.1) is 10.1 Å². The molecule has 2 rings (SSSR count). The van der Waals surface area contributed by atoms with E-state index in [-0.39, 0.29) is 24.2 Å². The molecule has 0 atom stereocenters. The molecule has 0 fully saturated rings. The van der Waals surface area contributed by atoms with Gasteiger partial charge < -0.3 is 4.74 Å². The lowest BCUT2D eigenvalue weighted by Crippen LogP contribution is -2.11. The number of ether oxygens (including phenoxy) is 1. The molecule has 1 aromatic carbocycles. The molecule has 0 saturated carbocycles. The molecule has 112 valence electrons. The summed E-state index contributed by atoms with van der Waals surface area (Å²) in [4.78, 5) is 14.4. The SMILES string of the molecule is CC(C)n1ncnc1COc1ccc([N+](=O)[O-])cc1CCl. The van der Waals surface area contributed by atoms with Crippen LogP contribution in [0.2, 0.25) is 0 Å². The lowest BCUT2D eigenvalue weighted by atomic mass is 10.2. The van der Waals surface area contributed by atoms with Gasteiger partial charge in [0, 0.05) is 23.7 Å². The van der Waals surface area contributed by atoms with Gasteiger partial charge in [-0.15, -0.1) is 11.6 Å². The highest BCUT2D eigenvalue weighted by Gasteiger charge is 2.13. The van der Waals surface area contributed by atoms with Crippen LogP contribution < -0.4 is 4.74 Å². The van der Waals surface area contributed by atoms with Crippen molar-refractivity contribution in [1.82, 2.24) is 14.8 Å². The van der Waals surface area contributed by atoms with Crippen LogP contribution in [0.5, 0.6) is 5.75 Å². The molecule has 0 amide bonds. The fraction of sp³-hybridized carbons (Fsp3) is 0.385. The van der Waals surface area contributed by atoms with Gasteiger partial charge in [0.15, 0.2) is 5.82 Å². The van der Waals surface area contributed by atoms with Crippen molar-refractivity contribution in [3.63, 3.8) is 0 Å². The second-order valence-corrected chi connectivity index (χ2v) is 4.95. The molecule has 7 nitrogen and oxygen atoms in total. The molecule has 1 aromatic heterocycles. The first kappa shape index (κ1) is 15.2. The van der Waals surface area contributed by atoms with Crippen LogP contribution in [0.3, 0.4) is 0 Å². The normalized spacial score (nSPS) is 10.9. The zero-order valence-electron chi connectivity index (χ0n) is 11.7. The maximum Gasteiger partial charge on any atom is 0.270 e. The molecule has 0 unspecified atom stereocenters. The maximum atomic E-state index is 10.7. The van der Waals surface area contributed by atoms with Crippen LogP contribution >= 0.6 is 11.6 Å². The number of hydrogen-bond donors (Lipinski definition) is 0. The Bertz CT molecular complexity index is 642. The van der Waals surface area contributed by atoms with E-state index in [0.29, 0.717) is 17.1 Å². The van der Waals surface area contributed by atoms with Crippen molar-refractivity contribution in [2.24, 2.45) is 0 Å². The standard InChI is InChI=1S/C13H15ClN4O3/c1-9(2)17-13(15-8-16-17)7-21-12-4-3-11(18(19)20)5-10(12)6-14/h3-5,8-9H,6-7H2,1-2H3. The summed E-state index contributed by atoms with van der Waals surface area (Å²) in [6.07, 6.45) is 1.47. The number of nitro groups is 1. The molecule has 21 heavy (non-hydrogen) atoms. The first-order valence-electron chi connectivity index (χ1n) is 6.37. The average molecular weight is 311 g/mol. The lowest BCUT2D eigenvalue weighted by molar-refractivity contribution is -0.384. The van der Waals surface area contributed by atoms with Crippen molar-refractivity contribution in [2.75, 3.05) is 0 Å². The molecule has 0 aliphatic rings. The Kier molecular flexibility index (Phi) is 4.74. The summed E-state index contributed by atoms with van der Waals surface area (Å²) in [5, 5.41) is 14.9. The highest BCUT2D eigenvalue weighted by Crippen LogP contribution is 2.26. The van der Waals surface area contributed by atoms with Gasteiger partial charge in [-0.05, 0) is 19.9 Å². The zero-order chi connectivity index (χ0) is 15.4. The Balaban J connectivity index is 2.16. The van der Waals surface area contributed by atoms with Crippen LogP contribution in [0.4, 0.5) is 5.69 Å². The van der Waals surface area contributed by atoms with Gasteiger partial charge in [-0.3, -0.25) is 10.1 Å². The van der Waals surface area contributed by atoms with Gasteiger partial charge >= 0.3 is 0 Å². The molecule has 0 aliphatic carbocycles. The van der Waals surface area contributed by atoms with Crippen molar-refractivity contribution < 1.29 is 9.66 Å². The Morgan fingerprint density at radius 2 is 2.24 bits per heavy atom. The average Bonchev–Trinajstić information content (AvgIpc) is 2.93. The number of non-ortho nitro benzene ring substituents is 1. The molecule has 0 N–H and O–H groups in total. The van der Waals surface area contributed by atoms with E-state index in [1.807, 2.05) is 13.8 Å². The van der Waals surface area contributed by atoms with Crippen molar-refractivity contribution in [3.8, 4) is 5.75 Å². The number of nitro benzene ring substituents is 1. The van der Waals surface area contributed by atoms with Gasteiger partial charge in [0.2, 0.25) is 0 Å². The lowest BCUT2D eigenvalue weighted by Gasteiger charge is -2.12. The molecule has 2 aromatic rings. The highest BCUT2D eigenvalue weighted by atomic mass is 35.5. The topological polar surface area (TPSA) is 83.1 Å². The van der Waals surface area contributed by atoms with E-state index in [4.69, 9.17) is 16.3 Å². The number of aromatic nitrogens is 3. The fourth-order valence-corrected chi connectivity index (χ4v) is 2.08. The van der Waals surface area contributed by atoms with Crippen molar-refractivity contribution in [3.05, 3.63) is 46.0 Å². The van der Waals surface area contributed by atoms with Gasteiger partial charge in [0.1, 0.15) is 18.7 Å². The van der Waals surface area contributed by atoms with Crippen LogP contribution in [0.15, 0.2) is 24.5 Å². The fourth-order valence-electron chi connectivity index (χ4n) is 1.88. The first-order chi connectivity index (χ1) is 10.0. The number of benzene rings is 1. The minimum Gasteiger partial charge on any atom is -0.485 e. The number of nitrogens with zero attached hydrogens (tertiary/aromatic N) is 4. The maximum absolute atomic E-state index is 10.7. The van der Waals surface area contributed by atoms with Gasteiger partial charge in [0.05, 0.1) is 10.8 Å². The van der Waals surface area contributed by atoms with E-state index in [2.05, 4.69) is 10.1 Å². The third kappa shape index (κ3) is 3.49. The van der Waals surface area contributed by atoms with Gasteiger partial charge in [-0.25, -0.2) is 9.67 Å². The Morgan fingerprint density at radius 3 is 2.86 bits per heavy atom. The van der Waals surface area contributed by atoms with Crippen molar-refractivity contribution >= 4 is 17.3 Å². The molecule has 0 radical (unpaired) electrons. The predicted octanol–water partition coefficient (Wildman–Crippen LogP) is 3.09. The summed E-state index contributed by atoms with van der Waals surface area (Å²) in [5.74, 6) is 1.33. The monoisotopic (exact) mass is 310 g/mol. The molecule has 0 bridgehead atoms. The number of halogens is 1. The molecule has 8 heteroatoms. The third-order valence-corrected chi connectivity index (χ3v) is 3.18. The van der Waals surface area contributed by atoms with E-state index in [9.17, 15) is 10.1 Å². The van der Waals surface area contributed by atoms with Crippen LogP contribution in [0.1, 0.15) is 31.3 Å². The number of hydrogen-bond acceptors (Lipinski definition) is 5. The molecular formula is C13H15ClN4O3. The summed E-state index contributed by atoms with van der Waals surface area (Å²) in [6.45, 7) is 4.21. The second-order valence-electron chi connectivity index (χ2n) is 4.69. The summed E-state index contributed by atoms with van der Waals surface area (Å²) in [6, 6.07) is 4.52. The third-order valence-electron chi connectivity index (χ3n) is 2.89. The number of alkyl halides is 1. The summed E-state index contributed by atoms with van der Waals surface area (Å²) in [5.41, 5.74) is 0.560. The molecular weight excluding hydrogens is 296 g/mol. The van der Waals surface area contributed by atoms with Crippen LogP contribution in [-0.2, 0) is 12.5 Å². The van der Waals surface area contributed by atoms with Gasteiger partial charge in [-0.1, -0.05) is 0 Å². The number of rotatable bonds is 6. The van der Waals surface area contributed by atoms with E-state index in [1.165, 1.54) is 18.5 Å². The Morgan fingerprint density at radius 1 is 1.48 bits per heavy atom. The largest absolute Gasteiger partial charge is 0.485 e. The summed E-state index contributed by atoms with van der Waals surface area (Å²) in [7, 11) is 0. The predicted molar refractivity (Wildman–Crippen MR) is 77.4 cm³/mol. The smallest absolute Gasteiger partial charge is 0.270 e. The Labute approximate surface area is 126 Å². The second kappa shape index (κ2) is 6.53. The quantitative estimate of drug-likeness (QED) is 0.465. The van der Waals surface area contributed by atoms with Crippen LogP contribution in [0.25, 0.3) is 0 Å². The molecule has 1 heterocycles. The minimum absolute atomic E-state index is 0.0108. The minimum atomic E-state index is -0.463. The molecule has 0 saturated heterocycles. The first-order valence-corrected chi connectivity index (χ1v) is 6.90. The zero-order valence-corrected chi connectivity index (χ0v) is 12.4. The van der Waals surface area contributed by atoms with Gasteiger partial charge in [-0.2, -0.15) is 5.10 Å².